The lowest BCUT2D eigenvalue weighted by molar-refractivity contribution is 1.15. The van der Waals surface area contributed by atoms with Gasteiger partial charge in [0.05, 0.1) is 32.3 Å². The minimum absolute atomic E-state index is 1.02. The summed E-state index contributed by atoms with van der Waals surface area (Å²) in [5.41, 5.74) is 10.5. The normalized spacial score (nSPS) is 12.1. The SMILES string of the molecule is c1ccc(-n2c3ccccc3c3ccc4c5ccccc5n(-c5cccc(-c6ccc7c(c6)ncc6sc8ccccc8c67)c5)c4c32)cc1. The van der Waals surface area contributed by atoms with E-state index in [-0.39, 0.29) is 0 Å². The van der Waals surface area contributed by atoms with E-state index in [1.165, 1.54) is 69.2 Å². The van der Waals surface area contributed by atoms with Crippen molar-refractivity contribution in [3.63, 3.8) is 0 Å². The molecule has 7 aromatic carbocycles. The zero-order chi connectivity index (χ0) is 32.1. The molecule has 0 spiro atoms. The molecular formula is C45H27N3S. The van der Waals surface area contributed by atoms with Gasteiger partial charge < -0.3 is 9.13 Å². The lowest BCUT2D eigenvalue weighted by Gasteiger charge is -2.14. The van der Waals surface area contributed by atoms with Gasteiger partial charge in [0.15, 0.2) is 0 Å². The van der Waals surface area contributed by atoms with Crippen molar-refractivity contribution in [3.8, 4) is 22.5 Å². The number of benzene rings is 7. The van der Waals surface area contributed by atoms with Crippen LogP contribution in [0.3, 0.4) is 0 Å². The molecular weight excluding hydrogens is 615 g/mol. The van der Waals surface area contributed by atoms with Crippen LogP contribution < -0.4 is 0 Å². The summed E-state index contributed by atoms with van der Waals surface area (Å²) in [6.45, 7) is 0. The van der Waals surface area contributed by atoms with Gasteiger partial charge in [-0.15, -0.1) is 11.3 Å². The molecule has 0 aliphatic rings. The highest BCUT2D eigenvalue weighted by Gasteiger charge is 2.21. The Morgan fingerprint density at radius 3 is 1.76 bits per heavy atom. The standard InChI is InChI=1S/C45H27N3S/c1-2-12-30(13-3-1)47-39-18-7-4-15-32(39)34-23-24-35-33-16-5-8-19-40(33)48(45(35)44(34)47)31-14-10-11-28(25-31)29-21-22-36-38(26-29)46-27-42-43(36)37-17-6-9-20-41(37)49-42/h1-27H. The Labute approximate surface area is 285 Å². The fraction of sp³-hybridized carbons (Fsp3) is 0. The van der Waals surface area contributed by atoms with Crippen LogP contribution in [0.25, 0.3) is 97.2 Å². The summed E-state index contributed by atoms with van der Waals surface area (Å²) in [7, 11) is 0. The van der Waals surface area contributed by atoms with Crippen LogP contribution in [0.2, 0.25) is 0 Å². The third-order valence-corrected chi connectivity index (χ3v) is 11.2. The van der Waals surface area contributed by atoms with E-state index in [0.717, 1.165) is 28.0 Å². The third-order valence-electron chi connectivity index (χ3n) is 10.1. The molecule has 0 atom stereocenters. The first-order valence-electron chi connectivity index (χ1n) is 16.6. The average molecular weight is 642 g/mol. The topological polar surface area (TPSA) is 22.8 Å². The quantitative estimate of drug-likeness (QED) is 0.188. The van der Waals surface area contributed by atoms with Gasteiger partial charge in [-0.1, -0.05) is 109 Å². The minimum atomic E-state index is 1.02. The molecule has 11 aromatic rings. The van der Waals surface area contributed by atoms with Gasteiger partial charge in [-0.25, -0.2) is 0 Å². The molecule has 0 saturated heterocycles. The molecule has 0 radical (unpaired) electrons. The van der Waals surface area contributed by atoms with E-state index in [0.29, 0.717) is 0 Å². The molecule has 0 aliphatic heterocycles. The first-order valence-corrected chi connectivity index (χ1v) is 17.4. The molecule has 4 aromatic heterocycles. The summed E-state index contributed by atoms with van der Waals surface area (Å²) < 4.78 is 7.44. The predicted octanol–water partition coefficient (Wildman–Crippen LogP) is 12.5. The monoisotopic (exact) mass is 641 g/mol. The van der Waals surface area contributed by atoms with Gasteiger partial charge >= 0.3 is 0 Å². The molecule has 0 N–H and O–H groups in total. The van der Waals surface area contributed by atoms with Gasteiger partial charge in [0, 0.05) is 60.0 Å². The number of nitrogens with zero attached hydrogens (tertiary/aromatic N) is 3. The molecule has 0 fully saturated rings. The summed E-state index contributed by atoms with van der Waals surface area (Å²) in [5, 5.41) is 8.80. The lowest BCUT2D eigenvalue weighted by atomic mass is 10.0. The number of hydrogen-bond acceptors (Lipinski definition) is 2. The van der Waals surface area contributed by atoms with Crippen molar-refractivity contribution in [2.45, 2.75) is 0 Å². The van der Waals surface area contributed by atoms with E-state index in [9.17, 15) is 0 Å². The van der Waals surface area contributed by atoms with Crippen molar-refractivity contribution >= 4 is 86.0 Å². The lowest BCUT2D eigenvalue weighted by Crippen LogP contribution is -1.98. The molecule has 228 valence electrons. The Morgan fingerprint density at radius 1 is 0.408 bits per heavy atom. The highest BCUT2D eigenvalue weighted by atomic mass is 32.1. The van der Waals surface area contributed by atoms with Crippen LogP contribution in [0, 0.1) is 0 Å². The number of fused-ring (bicyclic) bond motifs is 12. The molecule has 49 heavy (non-hydrogen) atoms. The first kappa shape index (κ1) is 26.8. The predicted molar refractivity (Wildman–Crippen MR) is 209 cm³/mol. The van der Waals surface area contributed by atoms with Crippen molar-refractivity contribution in [1.29, 1.82) is 0 Å². The number of pyridine rings is 1. The Morgan fingerprint density at radius 2 is 1.00 bits per heavy atom. The second-order valence-electron chi connectivity index (χ2n) is 12.8. The van der Waals surface area contributed by atoms with E-state index in [2.05, 4.69) is 167 Å². The molecule has 0 unspecified atom stereocenters. The van der Waals surface area contributed by atoms with Gasteiger partial charge in [-0.2, -0.15) is 0 Å². The second-order valence-corrected chi connectivity index (χ2v) is 13.9. The molecule has 11 rings (SSSR count). The molecule has 0 saturated carbocycles. The van der Waals surface area contributed by atoms with Crippen molar-refractivity contribution in [2.75, 3.05) is 0 Å². The highest BCUT2D eigenvalue weighted by molar-refractivity contribution is 7.26. The smallest absolute Gasteiger partial charge is 0.0788 e. The molecule has 4 heteroatoms. The Hall–Kier alpha value is -6.23. The van der Waals surface area contributed by atoms with Crippen molar-refractivity contribution in [1.82, 2.24) is 14.1 Å². The molecule has 0 aliphatic carbocycles. The fourth-order valence-corrected chi connectivity index (χ4v) is 9.12. The maximum Gasteiger partial charge on any atom is 0.0788 e. The van der Waals surface area contributed by atoms with E-state index in [1.807, 2.05) is 17.5 Å². The summed E-state index contributed by atoms with van der Waals surface area (Å²) in [5.74, 6) is 0. The third kappa shape index (κ3) is 3.80. The first-order chi connectivity index (χ1) is 24.3. The Balaban J connectivity index is 1.18. The molecule has 0 amide bonds. The second kappa shape index (κ2) is 10.1. The van der Waals surface area contributed by atoms with Crippen molar-refractivity contribution in [3.05, 3.63) is 164 Å². The van der Waals surface area contributed by atoms with Crippen molar-refractivity contribution < 1.29 is 0 Å². The number of para-hydroxylation sites is 3. The van der Waals surface area contributed by atoms with Gasteiger partial charge in [0.25, 0.3) is 0 Å². The number of rotatable bonds is 3. The zero-order valence-electron chi connectivity index (χ0n) is 26.3. The summed E-state index contributed by atoms with van der Waals surface area (Å²) in [4.78, 5) is 4.94. The summed E-state index contributed by atoms with van der Waals surface area (Å²) in [6.07, 6.45) is 2.04. The van der Waals surface area contributed by atoms with Gasteiger partial charge in [-0.05, 0) is 59.7 Å². The number of hydrogen-bond donors (Lipinski definition) is 0. The fourth-order valence-electron chi connectivity index (χ4n) is 8.03. The van der Waals surface area contributed by atoms with E-state index >= 15 is 0 Å². The molecule has 0 bridgehead atoms. The van der Waals surface area contributed by atoms with E-state index in [1.54, 1.807) is 0 Å². The Bertz CT molecular complexity index is 3110. The number of aromatic nitrogens is 3. The van der Waals surface area contributed by atoms with Crippen LogP contribution in [0.1, 0.15) is 0 Å². The average Bonchev–Trinajstić information content (AvgIpc) is 3.83. The van der Waals surface area contributed by atoms with Gasteiger partial charge in [0.2, 0.25) is 0 Å². The zero-order valence-corrected chi connectivity index (χ0v) is 27.2. The number of thiophene rings is 1. The summed E-state index contributed by atoms with van der Waals surface area (Å²) >= 11 is 1.81. The minimum Gasteiger partial charge on any atom is -0.307 e. The van der Waals surface area contributed by atoms with Crippen LogP contribution in [-0.2, 0) is 0 Å². The van der Waals surface area contributed by atoms with Crippen LogP contribution in [0.4, 0.5) is 0 Å². The van der Waals surface area contributed by atoms with Gasteiger partial charge in [-0.3, -0.25) is 4.98 Å². The molecule has 4 heterocycles. The maximum atomic E-state index is 4.94. The molecule has 3 nitrogen and oxygen atoms in total. The van der Waals surface area contributed by atoms with Crippen LogP contribution in [0.15, 0.2) is 164 Å². The summed E-state index contributed by atoms with van der Waals surface area (Å²) in [6, 6.07) is 57.3. The Kier molecular flexibility index (Phi) is 5.54. The maximum absolute atomic E-state index is 4.94. The van der Waals surface area contributed by atoms with Crippen molar-refractivity contribution in [2.24, 2.45) is 0 Å². The van der Waals surface area contributed by atoms with Crippen LogP contribution in [0.5, 0.6) is 0 Å². The van der Waals surface area contributed by atoms with Crippen LogP contribution >= 0.6 is 11.3 Å². The van der Waals surface area contributed by atoms with Gasteiger partial charge in [0.1, 0.15) is 0 Å². The largest absolute Gasteiger partial charge is 0.307 e. The van der Waals surface area contributed by atoms with E-state index < -0.39 is 0 Å². The van der Waals surface area contributed by atoms with E-state index in [4.69, 9.17) is 4.98 Å². The van der Waals surface area contributed by atoms with Crippen LogP contribution in [-0.4, -0.2) is 14.1 Å². The highest BCUT2D eigenvalue weighted by Crippen LogP contribution is 2.43.